The zero-order valence-electron chi connectivity index (χ0n) is 11.3. The number of amides is 2. The highest BCUT2D eigenvalue weighted by Gasteiger charge is 2.22. The number of carbonyl (C=O) groups excluding carboxylic acids is 2. The van der Waals surface area contributed by atoms with Crippen molar-refractivity contribution in [1.82, 2.24) is 10.2 Å². The molecule has 1 atom stereocenters. The number of carboxylic acid groups (broad SMARTS) is 2. The van der Waals surface area contributed by atoms with Crippen LogP contribution in [0.25, 0.3) is 0 Å². The molecule has 0 saturated carbocycles. The zero-order chi connectivity index (χ0) is 15.9. The Bertz CT molecular complexity index is 380. The van der Waals surface area contributed by atoms with E-state index in [-0.39, 0.29) is 5.92 Å². The van der Waals surface area contributed by atoms with E-state index in [1.165, 1.54) is 0 Å². The Morgan fingerprint density at radius 1 is 1.10 bits per heavy atom. The summed E-state index contributed by atoms with van der Waals surface area (Å²) in [7, 11) is 0. The summed E-state index contributed by atoms with van der Waals surface area (Å²) in [5.41, 5.74) is 5.56. The molecule has 9 heteroatoms. The highest BCUT2D eigenvalue weighted by Crippen LogP contribution is 1.98. The zero-order valence-corrected chi connectivity index (χ0v) is 11.3. The molecule has 0 aliphatic rings. The van der Waals surface area contributed by atoms with Gasteiger partial charge in [0.1, 0.15) is 13.1 Å². The minimum absolute atomic E-state index is 0.126. The van der Waals surface area contributed by atoms with Gasteiger partial charge in [0.15, 0.2) is 0 Å². The number of nitrogens with zero attached hydrogens (tertiary/aromatic N) is 1. The molecular weight excluding hydrogens is 270 g/mol. The van der Waals surface area contributed by atoms with Crippen molar-refractivity contribution in [3.8, 4) is 0 Å². The fourth-order valence-electron chi connectivity index (χ4n) is 1.25. The van der Waals surface area contributed by atoms with Crippen LogP contribution in [0.1, 0.15) is 13.8 Å². The van der Waals surface area contributed by atoms with Gasteiger partial charge >= 0.3 is 11.9 Å². The predicted molar refractivity (Wildman–Crippen MR) is 67.7 cm³/mol. The minimum atomic E-state index is -1.34. The number of aliphatic carboxylic acids is 2. The Morgan fingerprint density at radius 2 is 1.55 bits per heavy atom. The summed E-state index contributed by atoms with van der Waals surface area (Å²) in [6, 6.07) is -0.796. The highest BCUT2D eigenvalue weighted by molar-refractivity contribution is 5.90. The number of carbonyl (C=O) groups is 4. The lowest BCUT2D eigenvalue weighted by Gasteiger charge is -2.20. The molecule has 0 unspecified atom stereocenters. The van der Waals surface area contributed by atoms with E-state index in [2.05, 4.69) is 5.32 Å². The molecule has 0 aromatic carbocycles. The molecule has 0 aliphatic carbocycles. The van der Waals surface area contributed by atoms with Crippen molar-refractivity contribution in [2.45, 2.75) is 19.9 Å². The number of rotatable bonds is 8. The first-order chi connectivity index (χ1) is 9.15. The van der Waals surface area contributed by atoms with Gasteiger partial charge in [-0.1, -0.05) is 13.8 Å². The Labute approximate surface area is 115 Å². The third kappa shape index (κ3) is 6.69. The van der Waals surface area contributed by atoms with Gasteiger partial charge in [-0.3, -0.25) is 19.2 Å². The van der Waals surface area contributed by atoms with Gasteiger partial charge in [0.05, 0.1) is 12.6 Å². The number of hydrogen-bond acceptors (Lipinski definition) is 5. The van der Waals surface area contributed by atoms with Crippen LogP contribution in [0.5, 0.6) is 0 Å². The van der Waals surface area contributed by atoms with Gasteiger partial charge in [0, 0.05) is 0 Å². The molecule has 0 bridgehead atoms. The van der Waals surface area contributed by atoms with Gasteiger partial charge in [-0.2, -0.15) is 0 Å². The molecule has 0 heterocycles. The van der Waals surface area contributed by atoms with E-state index in [1.54, 1.807) is 13.8 Å². The Balaban J connectivity index is 4.49. The number of carboxylic acids is 2. The fourth-order valence-corrected chi connectivity index (χ4v) is 1.25. The summed E-state index contributed by atoms with van der Waals surface area (Å²) in [4.78, 5) is 44.9. The van der Waals surface area contributed by atoms with E-state index in [4.69, 9.17) is 15.9 Å². The van der Waals surface area contributed by atoms with Crippen LogP contribution in [0.2, 0.25) is 0 Å². The Hall–Kier alpha value is -2.16. The van der Waals surface area contributed by atoms with E-state index in [0.717, 1.165) is 0 Å². The third-order valence-corrected chi connectivity index (χ3v) is 2.44. The molecule has 0 aromatic heterocycles. The first-order valence-corrected chi connectivity index (χ1v) is 5.89. The van der Waals surface area contributed by atoms with Crippen LogP contribution < -0.4 is 11.1 Å². The SMILES string of the molecule is CC(C)[C@H](N)C(=O)NCC(=O)N(CC(=O)O)CC(=O)O. The summed E-state index contributed by atoms with van der Waals surface area (Å²) in [6.45, 7) is 1.45. The second-order valence-electron chi connectivity index (χ2n) is 4.52. The summed E-state index contributed by atoms with van der Waals surface area (Å²) < 4.78 is 0. The monoisotopic (exact) mass is 289 g/mol. The maximum absolute atomic E-state index is 11.7. The van der Waals surface area contributed by atoms with Crippen molar-refractivity contribution in [2.75, 3.05) is 19.6 Å². The topological polar surface area (TPSA) is 150 Å². The molecule has 5 N–H and O–H groups in total. The Kier molecular flexibility index (Phi) is 7.22. The maximum Gasteiger partial charge on any atom is 0.323 e. The largest absolute Gasteiger partial charge is 0.480 e. The van der Waals surface area contributed by atoms with E-state index >= 15 is 0 Å². The standard InChI is InChI=1S/C11H19N3O6/c1-6(2)10(12)11(20)13-3-7(15)14(4-8(16)17)5-9(18)19/h6,10H,3-5,12H2,1-2H3,(H,13,20)(H,16,17)(H,18,19)/t10-/m0/s1. The number of nitrogens with two attached hydrogens (primary N) is 1. The van der Waals surface area contributed by atoms with Crippen LogP contribution in [0.15, 0.2) is 0 Å². The minimum Gasteiger partial charge on any atom is -0.480 e. The van der Waals surface area contributed by atoms with Gasteiger partial charge in [-0.05, 0) is 5.92 Å². The van der Waals surface area contributed by atoms with E-state index in [0.29, 0.717) is 4.90 Å². The molecule has 0 fully saturated rings. The fraction of sp³-hybridized carbons (Fsp3) is 0.636. The van der Waals surface area contributed by atoms with Crippen LogP contribution in [-0.4, -0.2) is 64.5 Å². The van der Waals surface area contributed by atoms with Gasteiger partial charge < -0.3 is 26.2 Å². The number of hydrogen-bond donors (Lipinski definition) is 4. The van der Waals surface area contributed by atoms with E-state index in [9.17, 15) is 19.2 Å². The number of nitrogens with one attached hydrogen (secondary N) is 1. The van der Waals surface area contributed by atoms with Crippen LogP contribution in [0, 0.1) is 5.92 Å². The summed E-state index contributed by atoms with van der Waals surface area (Å²) in [6.07, 6.45) is 0. The molecular formula is C11H19N3O6. The van der Waals surface area contributed by atoms with Crippen LogP contribution >= 0.6 is 0 Å². The molecule has 114 valence electrons. The maximum atomic E-state index is 11.7. The van der Waals surface area contributed by atoms with Crippen molar-refractivity contribution in [1.29, 1.82) is 0 Å². The van der Waals surface area contributed by atoms with Crippen molar-refractivity contribution in [3.05, 3.63) is 0 Å². The predicted octanol–water partition coefficient (Wildman–Crippen LogP) is -1.92. The van der Waals surface area contributed by atoms with E-state index in [1.807, 2.05) is 0 Å². The quantitative estimate of drug-likeness (QED) is 0.407. The Morgan fingerprint density at radius 3 is 1.90 bits per heavy atom. The van der Waals surface area contributed by atoms with E-state index < -0.39 is 49.4 Å². The summed E-state index contributed by atoms with van der Waals surface area (Å²) >= 11 is 0. The van der Waals surface area contributed by atoms with Gasteiger partial charge in [0.2, 0.25) is 11.8 Å². The molecule has 0 saturated heterocycles. The van der Waals surface area contributed by atoms with Crippen LogP contribution in [-0.2, 0) is 19.2 Å². The summed E-state index contributed by atoms with van der Waals surface area (Å²) in [5.74, 6) is -4.17. The van der Waals surface area contributed by atoms with Crippen molar-refractivity contribution in [2.24, 2.45) is 11.7 Å². The lowest BCUT2D eigenvalue weighted by atomic mass is 10.1. The molecule has 9 nitrogen and oxygen atoms in total. The van der Waals surface area contributed by atoms with Crippen molar-refractivity contribution < 1.29 is 29.4 Å². The molecule has 0 radical (unpaired) electrons. The second kappa shape index (κ2) is 8.10. The van der Waals surface area contributed by atoms with Gasteiger partial charge in [0.25, 0.3) is 0 Å². The molecule has 0 aliphatic heterocycles. The molecule has 0 rings (SSSR count). The lowest BCUT2D eigenvalue weighted by Crippen LogP contribution is -2.49. The first kappa shape index (κ1) is 17.8. The van der Waals surface area contributed by atoms with Gasteiger partial charge in [-0.15, -0.1) is 0 Å². The average Bonchev–Trinajstić information content (AvgIpc) is 2.32. The summed E-state index contributed by atoms with van der Waals surface area (Å²) in [5, 5.41) is 19.4. The normalized spacial score (nSPS) is 11.8. The van der Waals surface area contributed by atoms with Crippen molar-refractivity contribution in [3.63, 3.8) is 0 Å². The van der Waals surface area contributed by atoms with Crippen LogP contribution in [0.4, 0.5) is 0 Å². The molecule has 2 amide bonds. The second-order valence-corrected chi connectivity index (χ2v) is 4.52. The first-order valence-electron chi connectivity index (χ1n) is 5.89. The molecule has 0 aromatic rings. The van der Waals surface area contributed by atoms with Crippen molar-refractivity contribution >= 4 is 23.8 Å². The smallest absolute Gasteiger partial charge is 0.323 e. The third-order valence-electron chi connectivity index (χ3n) is 2.44. The average molecular weight is 289 g/mol. The molecule has 0 spiro atoms. The lowest BCUT2D eigenvalue weighted by molar-refractivity contribution is -0.149. The highest BCUT2D eigenvalue weighted by atomic mass is 16.4. The molecule has 20 heavy (non-hydrogen) atoms. The van der Waals surface area contributed by atoms with Gasteiger partial charge in [-0.25, -0.2) is 0 Å². The van der Waals surface area contributed by atoms with Crippen LogP contribution in [0.3, 0.4) is 0 Å².